The van der Waals surface area contributed by atoms with Crippen LogP contribution in [0, 0.1) is 0 Å². The van der Waals surface area contributed by atoms with E-state index in [0.29, 0.717) is 17.8 Å². The van der Waals surface area contributed by atoms with Crippen LogP contribution in [0.1, 0.15) is 11.8 Å². The molecule has 1 aromatic carbocycles. The summed E-state index contributed by atoms with van der Waals surface area (Å²) in [5.41, 5.74) is 7.81. The Balaban J connectivity index is 1.39. The molecule has 4 rings (SSSR count). The highest BCUT2D eigenvalue weighted by atomic mass is 16.6. The molecule has 2 aromatic heterocycles. The van der Waals surface area contributed by atoms with Crippen molar-refractivity contribution in [3.63, 3.8) is 0 Å². The third-order valence-corrected chi connectivity index (χ3v) is 4.66. The Kier molecular flexibility index (Phi) is 4.99. The lowest BCUT2D eigenvalue weighted by molar-refractivity contribution is -0.0650. The van der Waals surface area contributed by atoms with E-state index in [-0.39, 0.29) is 12.4 Å². The highest BCUT2D eigenvalue weighted by molar-refractivity contribution is 5.81. The number of aliphatic hydroxyl groups is 2. The van der Waals surface area contributed by atoms with Gasteiger partial charge in [0.1, 0.15) is 30.2 Å². The van der Waals surface area contributed by atoms with Crippen molar-refractivity contribution in [2.75, 3.05) is 18.9 Å². The number of aliphatic hydroxyl groups excluding tert-OH is 2. The fraction of sp³-hybridized carbons (Fsp3) is 0.389. The van der Waals surface area contributed by atoms with E-state index in [9.17, 15) is 10.2 Å². The fourth-order valence-electron chi connectivity index (χ4n) is 3.19. The molecule has 0 amide bonds. The summed E-state index contributed by atoms with van der Waals surface area (Å²) in [4.78, 5) is 12.2. The second-order valence-corrected chi connectivity index (χ2v) is 6.44. The Morgan fingerprint density at radius 2 is 1.93 bits per heavy atom. The van der Waals surface area contributed by atoms with E-state index in [1.807, 2.05) is 30.3 Å². The van der Waals surface area contributed by atoms with Crippen LogP contribution in [-0.2, 0) is 15.9 Å². The van der Waals surface area contributed by atoms with Crippen LogP contribution >= 0.6 is 0 Å². The van der Waals surface area contributed by atoms with Crippen molar-refractivity contribution >= 4 is 17.0 Å². The molecule has 4 atom stereocenters. The number of anilines is 1. The molecule has 3 heterocycles. The predicted molar refractivity (Wildman–Crippen MR) is 96.6 cm³/mol. The van der Waals surface area contributed by atoms with Crippen molar-refractivity contribution in [1.29, 1.82) is 0 Å². The maximum absolute atomic E-state index is 10.4. The molecule has 0 bridgehead atoms. The summed E-state index contributed by atoms with van der Waals surface area (Å²) >= 11 is 0. The lowest BCUT2D eigenvalue weighted by Crippen LogP contribution is -2.34. The Morgan fingerprint density at radius 3 is 2.74 bits per heavy atom. The summed E-state index contributed by atoms with van der Waals surface area (Å²) < 4.78 is 13.0. The van der Waals surface area contributed by atoms with Gasteiger partial charge < -0.3 is 25.4 Å². The summed E-state index contributed by atoms with van der Waals surface area (Å²) in [7, 11) is 0. The standard InChI is InChI=1S/C18H21N5O4/c19-16-13-17(21-9-20-16)23(10-22-13)18-15(25)14(24)12(27-18)8-26-7-6-11-4-2-1-3-5-11/h1-5,9-10,12,14-15,18,24-25H,6-8H2,(H2,19,20,21)/t12-,14-,15-,18-/m1/s1. The highest BCUT2D eigenvalue weighted by Gasteiger charge is 2.44. The first-order valence-corrected chi connectivity index (χ1v) is 8.71. The van der Waals surface area contributed by atoms with Gasteiger partial charge in [-0.2, -0.15) is 0 Å². The monoisotopic (exact) mass is 371 g/mol. The van der Waals surface area contributed by atoms with E-state index < -0.39 is 24.5 Å². The van der Waals surface area contributed by atoms with Crippen LogP contribution in [0.15, 0.2) is 43.0 Å². The molecular weight excluding hydrogens is 350 g/mol. The third kappa shape index (κ3) is 3.50. The van der Waals surface area contributed by atoms with Gasteiger partial charge in [0.25, 0.3) is 0 Å². The second-order valence-electron chi connectivity index (χ2n) is 6.44. The maximum Gasteiger partial charge on any atom is 0.167 e. The van der Waals surface area contributed by atoms with Crippen LogP contribution in [0.3, 0.4) is 0 Å². The van der Waals surface area contributed by atoms with Crippen LogP contribution in [0.2, 0.25) is 0 Å². The SMILES string of the molecule is Nc1ncnc2c1ncn2[C@@H]1O[C@H](COCCc2ccccc2)[C@@H](O)[C@H]1O. The van der Waals surface area contributed by atoms with Crippen LogP contribution in [-0.4, -0.2) is 61.3 Å². The number of nitrogen functional groups attached to an aromatic ring is 1. The summed E-state index contributed by atoms with van der Waals surface area (Å²) in [5, 5.41) is 20.7. The first-order chi connectivity index (χ1) is 13.1. The molecule has 1 aliphatic rings. The molecular formula is C18H21N5O4. The van der Waals surface area contributed by atoms with Gasteiger partial charge in [-0.3, -0.25) is 4.57 Å². The van der Waals surface area contributed by atoms with Gasteiger partial charge in [-0.15, -0.1) is 0 Å². The number of imidazole rings is 1. The Hall–Kier alpha value is -2.59. The van der Waals surface area contributed by atoms with Gasteiger partial charge in [0.05, 0.1) is 19.5 Å². The van der Waals surface area contributed by atoms with Gasteiger partial charge in [-0.05, 0) is 12.0 Å². The molecule has 1 saturated heterocycles. The van der Waals surface area contributed by atoms with Gasteiger partial charge in [0.2, 0.25) is 0 Å². The zero-order valence-corrected chi connectivity index (χ0v) is 14.5. The minimum absolute atomic E-state index is 0.172. The number of ether oxygens (including phenoxy) is 2. The molecule has 27 heavy (non-hydrogen) atoms. The van der Waals surface area contributed by atoms with Crippen LogP contribution in [0.5, 0.6) is 0 Å². The van der Waals surface area contributed by atoms with Crippen molar-refractivity contribution in [2.24, 2.45) is 0 Å². The summed E-state index contributed by atoms with van der Waals surface area (Å²) in [6.45, 7) is 0.667. The minimum atomic E-state index is -1.14. The number of nitrogens with two attached hydrogens (primary N) is 1. The van der Waals surface area contributed by atoms with E-state index in [1.54, 1.807) is 4.57 Å². The molecule has 0 spiro atoms. The van der Waals surface area contributed by atoms with E-state index in [1.165, 1.54) is 18.2 Å². The zero-order valence-electron chi connectivity index (χ0n) is 14.5. The lowest BCUT2D eigenvalue weighted by atomic mass is 10.1. The molecule has 0 aliphatic carbocycles. The molecule has 1 fully saturated rings. The number of hydrogen-bond donors (Lipinski definition) is 3. The van der Waals surface area contributed by atoms with Gasteiger partial charge in [0.15, 0.2) is 17.7 Å². The predicted octanol–water partition coefficient (Wildman–Crippen LogP) is 0.287. The average Bonchev–Trinajstić information content (AvgIpc) is 3.23. The summed E-state index contributed by atoms with van der Waals surface area (Å²) in [6, 6.07) is 9.98. The fourth-order valence-corrected chi connectivity index (χ4v) is 3.19. The molecule has 9 nitrogen and oxygen atoms in total. The first kappa shape index (κ1) is 17.8. The quantitative estimate of drug-likeness (QED) is 0.527. The maximum atomic E-state index is 10.4. The van der Waals surface area contributed by atoms with E-state index in [2.05, 4.69) is 15.0 Å². The van der Waals surface area contributed by atoms with Gasteiger partial charge >= 0.3 is 0 Å². The summed E-state index contributed by atoms with van der Waals surface area (Å²) in [5.74, 6) is 0.243. The van der Waals surface area contributed by atoms with Crippen LogP contribution in [0.4, 0.5) is 5.82 Å². The Morgan fingerprint density at radius 1 is 1.11 bits per heavy atom. The molecule has 3 aromatic rings. The number of rotatable bonds is 6. The number of nitrogens with zero attached hydrogens (tertiary/aromatic N) is 4. The zero-order chi connectivity index (χ0) is 18.8. The number of benzene rings is 1. The van der Waals surface area contributed by atoms with Crippen molar-refractivity contribution in [2.45, 2.75) is 31.0 Å². The second kappa shape index (κ2) is 7.57. The van der Waals surface area contributed by atoms with E-state index in [0.717, 1.165) is 6.42 Å². The van der Waals surface area contributed by atoms with Crippen molar-refractivity contribution in [1.82, 2.24) is 19.5 Å². The first-order valence-electron chi connectivity index (χ1n) is 8.71. The summed E-state index contributed by atoms with van der Waals surface area (Å²) in [6.07, 6.45) is -0.158. The highest BCUT2D eigenvalue weighted by Crippen LogP contribution is 2.32. The number of fused-ring (bicyclic) bond motifs is 1. The van der Waals surface area contributed by atoms with Crippen LogP contribution in [0.25, 0.3) is 11.2 Å². The Bertz CT molecular complexity index is 903. The molecule has 9 heteroatoms. The van der Waals surface area contributed by atoms with Crippen molar-refractivity contribution in [3.05, 3.63) is 48.5 Å². The van der Waals surface area contributed by atoms with E-state index >= 15 is 0 Å². The number of hydrogen-bond acceptors (Lipinski definition) is 8. The van der Waals surface area contributed by atoms with Crippen LogP contribution < -0.4 is 5.73 Å². The van der Waals surface area contributed by atoms with Crippen molar-refractivity contribution < 1.29 is 19.7 Å². The van der Waals surface area contributed by atoms with Gasteiger partial charge in [-0.1, -0.05) is 30.3 Å². The van der Waals surface area contributed by atoms with E-state index in [4.69, 9.17) is 15.2 Å². The molecule has 4 N–H and O–H groups in total. The average molecular weight is 371 g/mol. The molecule has 0 radical (unpaired) electrons. The number of aromatic nitrogens is 4. The third-order valence-electron chi connectivity index (χ3n) is 4.66. The van der Waals surface area contributed by atoms with Crippen molar-refractivity contribution in [3.8, 4) is 0 Å². The largest absolute Gasteiger partial charge is 0.387 e. The molecule has 142 valence electrons. The molecule has 0 saturated carbocycles. The Labute approximate surface area is 155 Å². The van der Waals surface area contributed by atoms with Gasteiger partial charge in [-0.25, -0.2) is 15.0 Å². The molecule has 0 unspecified atom stereocenters. The normalized spacial score (nSPS) is 25.3. The molecule has 1 aliphatic heterocycles. The smallest absolute Gasteiger partial charge is 0.167 e. The topological polar surface area (TPSA) is 129 Å². The minimum Gasteiger partial charge on any atom is -0.387 e. The van der Waals surface area contributed by atoms with Gasteiger partial charge in [0, 0.05) is 0 Å². The lowest BCUT2D eigenvalue weighted by Gasteiger charge is -2.16.